The smallest absolute Gasteiger partial charge is 0.258 e. The molecular weight excluding hydrogens is 262 g/mol. The third kappa shape index (κ3) is 4.63. The first-order valence-electron chi connectivity index (χ1n) is 7.22. The topological polar surface area (TPSA) is 38.3 Å². The van der Waals surface area contributed by atoms with Crippen LogP contribution in [0.25, 0.3) is 0 Å². The predicted molar refractivity (Wildman–Crippen MR) is 84.3 cm³/mol. The van der Waals surface area contributed by atoms with Gasteiger partial charge in [0.05, 0.1) is 0 Å². The van der Waals surface area contributed by atoms with Crippen LogP contribution in [0.1, 0.15) is 23.6 Å². The van der Waals surface area contributed by atoms with E-state index < -0.39 is 0 Å². The number of amides is 1. The number of nitrogens with one attached hydrogen (secondary N) is 1. The molecule has 2 aromatic carbocycles. The Kier molecular flexibility index (Phi) is 5.38. The third-order valence-corrected chi connectivity index (χ3v) is 3.32. The fraction of sp³-hybridized carbons (Fsp3) is 0.278. The van der Waals surface area contributed by atoms with Crippen LogP contribution in [0.15, 0.2) is 48.5 Å². The Hall–Kier alpha value is -2.29. The number of ether oxygens (including phenoxy) is 1. The van der Waals surface area contributed by atoms with Gasteiger partial charge in [-0.2, -0.15) is 0 Å². The van der Waals surface area contributed by atoms with E-state index in [9.17, 15) is 4.79 Å². The van der Waals surface area contributed by atoms with Crippen molar-refractivity contribution in [2.75, 3.05) is 6.61 Å². The van der Waals surface area contributed by atoms with Crippen LogP contribution >= 0.6 is 0 Å². The van der Waals surface area contributed by atoms with Gasteiger partial charge in [-0.1, -0.05) is 55.0 Å². The Balaban J connectivity index is 1.81. The van der Waals surface area contributed by atoms with Gasteiger partial charge in [-0.05, 0) is 30.5 Å². The van der Waals surface area contributed by atoms with Crippen molar-refractivity contribution >= 4 is 5.91 Å². The maximum Gasteiger partial charge on any atom is 0.258 e. The molecule has 0 unspecified atom stereocenters. The van der Waals surface area contributed by atoms with Gasteiger partial charge in [0.25, 0.3) is 5.91 Å². The maximum absolute atomic E-state index is 11.8. The summed E-state index contributed by atoms with van der Waals surface area (Å²) in [6.45, 7) is 4.68. The normalized spacial score (nSPS) is 10.2. The number of hydrogen-bond donors (Lipinski definition) is 1. The van der Waals surface area contributed by atoms with E-state index in [2.05, 4.69) is 12.2 Å². The largest absolute Gasteiger partial charge is 0.483 e. The van der Waals surface area contributed by atoms with E-state index in [1.807, 2.05) is 55.5 Å². The highest BCUT2D eigenvalue weighted by Gasteiger charge is 2.05. The van der Waals surface area contributed by atoms with E-state index in [4.69, 9.17) is 4.74 Å². The molecule has 0 saturated carbocycles. The Labute approximate surface area is 126 Å². The molecule has 3 heteroatoms. The molecule has 0 atom stereocenters. The van der Waals surface area contributed by atoms with Crippen LogP contribution in [0.4, 0.5) is 0 Å². The van der Waals surface area contributed by atoms with Crippen molar-refractivity contribution in [3.05, 3.63) is 65.2 Å². The molecule has 0 bridgehead atoms. The lowest BCUT2D eigenvalue weighted by Crippen LogP contribution is -2.28. The maximum atomic E-state index is 11.8. The van der Waals surface area contributed by atoms with Gasteiger partial charge in [-0.15, -0.1) is 0 Å². The van der Waals surface area contributed by atoms with Crippen LogP contribution in [0.2, 0.25) is 0 Å². The van der Waals surface area contributed by atoms with Crippen molar-refractivity contribution in [1.29, 1.82) is 0 Å². The fourth-order valence-corrected chi connectivity index (χ4v) is 2.04. The number of aryl methyl sites for hydroxylation is 2. The van der Waals surface area contributed by atoms with Crippen molar-refractivity contribution < 1.29 is 9.53 Å². The summed E-state index contributed by atoms with van der Waals surface area (Å²) in [5, 5.41) is 2.86. The van der Waals surface area contributed by atoms with Crippen molar-refractivity contribution in [3.63, 3.8) is 0 Å². The number of carbonyl (C=O) groups is 1. The first-order chi connectivity index (χ1) is 10.2. The van der Waals surface area contributed by atoms with Crippen molar-refractivity contribution in [2.24, 2.45) is 0 Å². The van der Waals surface area contributed by atoms with E-state index in [0.29, 0.717) is 6.54 Å². The van der Waals surface area contributed by atoms with Gasteiger partial charge in [0.2, 0.25) is 0 Å². The molecule has 0 aliphatic heterocycles. The van der Waals surface area contributed by atoms with Gasteiger partial charge in [0, 0.05) is 6.54 Å². The first kappa shape index (κ1) is 15.1. The molecule has 0 radical (unpaired) electrons. The van der Waals surface area contributed by atoms with Crippen LogP contribution in [-0.4, -0.2) is 12.5 Å². The van der Waals surface area contributed by atoms with Gasteiger partial charge >= 0.3 is 0 Å². The Morgan fingerprint density at radius 2 is 1.81 bits per heavy atom. The summed E-state index contributed by atoms with van der Waals surface area (Å²) < 4.78 is 5.59. The number of carbonyl (C=O) groups excluding carboxylic acids is 1. The van der Waals surface area contributed by atoms with E-state index >= 15 is 0 Å². The summed E-state index contributed by atoms with van der Waals surface area (Å²) >= 11 is 0. The lowest BCUT2D eigenvalue weighted by atomic mass is 10.1. The average molecular weight is 283 g/mol. The monoisotopic (exact) mass is 283 g/mol. The molecule has 0 fully saturated rings. The summed E-state index contributed by atoms with van der Waals surface area (Å²) in [6.07, 6.45) is 0.890. The Bertz CT molecular complexity index is 590. The van der Waals surface area contributed by atoms with Crippen LogP contribution in [0.3, 0.4) is 0 Å². The molecule has 0 saturated heterocycles. The van der Waals surface area contributed by atoms with E-state index in [1.165, 1.54) is 5.56 Å². The highest BCUT2D eigenvalue weighted by atomic mass is 16.5. The fourth-order valence-electron chi connectivity index (χ4n) is 2.04. The molecule has 0 heterocycles. The van der Waals surface area contributed by atoms with Crippen molar-refractivity contribution in [1.82, 2.24) is 5.32 Å². The van der Waals surface area contributed by atoms with Crippen LogP contribution in [0, 0.1) is 6.92 Å². The predicted octanol–water partition coefficient (Wildman–Crippen LogP) is 3.25. The lowest BCUT2D eigenvalue weighted by molar-refractivity contribution is -0.123. The molecule has 3 nitrogen and oxygen atoms in total. The molecule has 0 aromatic heterocycles. The summed E-state index contributed by atoms with van der Waals surface area (Å²) in [6, 6.07) is 15.9. The van der Waals surface area contributed by atoms with Gasteiger partial charge in [-0.25, -0.2) is 0 Å². The third-order valence-electron chi connectivity index (χ3n) is 3.32. The van der Waals surface area contributed by atoms with Crippen LogP contribution < -0.4 is 10.1 Å². The summed E-state index contributed by atoms with van der Waals surface area (Å²) in [7, 11) is 0. The molecule has 21 heavy (non-hydrogen) atoms. The highest BCUT2D eigenvalue weighted by Crippen LogP contribution is 2.17. The molecule has 2 aromatic rings. The minimum absolute atomic E-state index is 0.0445. The SMILES string of the molecule is CCc1ccccc1OCC(=O)NCc1ccc(C)cc1. The van der Waals surface area contributed by atoms with E-state index in [0.717, 1.165) is 23.3 Å². The minimum atomic E-state index is -0.110. The zero-order chi connectivity index (χ0) is 15.1. The van der Waals surface area contributed by atoms with E-state index in [1.54, 1.807) is 0 Å². The number of para-hydroxylation sites is 1. The number of hydrogen-bond acceptors (Lipinski definition) is 2. The molecule has 0 aliphatic carbocycles. The Morgan fingerprint density at radius 3 is 2.52 bits per heavy atom. The standard InChI is InChI=1S/C18H21NO2/c1-3-16-6-4-5-7-17(16)21-13-18(20)19-12-15-10-8-14(2)9-11-15/h4-11H,3,12-13H2,1-2H3,(H,19,20). The molecule has 0 spiro atoms. The average Bonchev–Trinajstić information content (AvgIpc) is 2.52. The number of benzene rings is 2. The van der Waals surface area contributed by atoms with Crippen LogP contribution in [0.5, 0.6) is 5.75 Å². The zero-order valence-electron chi connectivity index (χ0n) is 12.6. The summed E-state index contributed by atoms with van der Waals surface area (Å²) in [4.78, 5) is 11.8. The second kappa shape index (κ2) is 7.48. The molecule has 110 valence electrons. The van der Waals surface area contributed by atoms with Gasteiger partial charge in [0.15, 0.2) is 6.61 Å². The quantitative estimate of drug-likeness (QED) is 0.883. The van der Waals surface area contributed by atoms with Crippen molar-refractivity contribution in [2.45, 2.75) is 26.8 Å². The molecular formula is C18H21NO2. The second-order valence-corrected chi connectivity index (χ2v) is 5.01. The summed E-state index contributed by atoms with van der Waals surface area (Å²) in [5.41, 5.74) is 3.41. The van der Waals surface area contributed by atoms with Crippen LogP contribution in [-0.2, 0) is 17.8 Å². The van der Waals surface area contributed by atoms with Gasteiger partial charge in [0.1, 0.15) is 5.75 Å². The zero-order valence-corrected chi connectivity index (χ0v) is 12.6. The second-order valence-electron chi connectivity index (χ2n) is 5.01. The molecule has 1 amide bonds. The molecule has 2 rings (SSSR count). The first-order valence-corrected chi connectivity index (χ1v) is 7.22. The minimum Gasteiger partial charge on any atom is -0.483 e. The molecule has 1 N–H and O–H groups in total. The highest BCUT2D eigenvalue weighted by molar-refractivity contribution is 5.77. The van der Waals surface area contributed by atoms with Gasteiger partial charge in [-0.3, -0.25) is 4.79 Å². The lowest BCUT2D eigenvalue weighted by Gasteiger charge is -2.10. The molecule has 0 aliphatic rings. The van der Waals surface area contributed by atoms with E-state index in [-0.39, 0.29) is 12.5 Å². The van der Waals surface area contributed by atoms with Gasteiger partial charge < -0.3 is 10.1 Å². The van der Waals surface area contributed by atoms with Crippen molar-refractivity contribution in [3.8, 4) is 5.75 Å². The summed E-state index contributed by atoms with van der Waals surface area (Å²) in [5.74, 6) is 0.673. The Morgan fingerprint density at radius 1 is 1.10 bits per heavy atom. The number of rotatable bonds is 6.